The second kappa shape index (κ2) is 3.54. The molecule has 0 atom stereocenters. The molecule has 2 aliphatic rings. The lowest BCUT2D eigenvalue weighted by molar-refractivity contribution is -0.134. The van der Waals surface area contributed by atoms with Crippen LogP contribution in [0.2, 0.25) is 0 Å². The smallest absolute Gasteiger partial charge is 0.123 e. The fourth-order valence-corrected chi connectivity index (χ4v) is 3.04. The van der Waals surface area contributed by atoms with Crippen molar-refractivity contribution in [2.24, 2.45) is 5.41 Å². The summed E-state index contributed by atoms with van der Waals surface area (Å²) in [6, 6.07) is 9.11. The third-order valence-corrected chi connectivity index (χ3v) is 4.41. The fraction of sp³-hybridized carbons (Fsp3) is 0.500. The van der Waals surface area contributed by atoms with Gasteiger partial charge < -0.3 is 4.74 Å². The summed E-state index contributed by atoms with van der Waals surface area (Å²) in [7, 11) is 0. The highest BCUT2D eigenvalue weighted by Crippen LogP contribution is 2.58. The highest BCUT2D eigenvalue weighted by Gasteiger charge is 2.60. The predicted octanol–water partition coefficient (Wildman–Crippen LogP) is 2.79. The third kappa shape index (κ3) is 1.28. The summed E-state index contributed by atoms with van der Waals surface area (Å²) in [5.74, 6) is -0.235. The van der Waals surface area contributed by atoms with Crippen LogP contribution in [0.1, 0.15) is 24.8 Å². The molecule has 3 heteroatoms. The molecule has 17 heavy (non-hydrogen) atoms. The van der Waals surface area contributed by atoms with E-state index in [0.717, 1.165) is 24.8 Å². The molecule has 88 valence electrons. The minimum atomic E-state index is -0.334. The molecule has 0 unspecified atom stereocenters. The lowest BCUT2D eigenvalue weighted by Gasteiger charge is -2.56. The van der Waals surface area contributed by atoms with Gasteiger partial charge in [-0.15, -0.1) is 0 Å². The molecule has 1 saturated heterocycles. The molecule has 1 saturated carbocycles. The maximum absolute atomic E-state index is 13.3. The van der Waals surface area contributed by atoms with Gasteiger partial charge in [0.1, 0.15) is 5.82 Å². The molecular formula is C14H14FNO. The standard InChI is InChI=1S/C14H14FNO/c15-12-4-1-3-11(7-12)14(9-17-10-14)13(8-16)5-2-6-13/h1,3-4,7H,2,5-6,9-10H2. The quantitative estimate of drug-likeness (QED) is 0.784. The Bertz CT molecular complexity index is 483. The fourth-order valence-electron chi connectivity index (χ4n) is 3.04. The van der Waals surface area contributed by atoms with Crippen molar-refractivity contribution in [1.29, 1.82) is 5.26 Å². The number of ether oxygens (including phenoxy) is 1. The first-order valence-corrected chi connectivity index (χ1v) is 5.98. The van der Waals surface area contributed by atoms with E-state index in [2.05, 4.69) is 6.07 Å². The van der Waals surface area contributed by atoms with Gasteiger partial charge in [0.25, 0.3) is 0 Å². The first-order chi connectivity index (χ1) is 8.22. The van der Waals surface area contributed by atoms with Crippen molar-refractivity contribution in [3.8, 4) is 6.07 Å². The highest BCUT2D eigenvalue weighted by atomic mass is 19.1. The van der Waals surface area contributed by atoms with E-state index in [1.807, 2.05) is 6.07 Å². The minimum Gasteiger partial charge on any atom is -0.379 e. The Labute approximate surface area is 100 Å². The van der Waals surface area contributed by atoms with Gasteiger partial charge in [0, 0.05) is 0 Å². The number of nitriles is 1. The van der Waals surface area contributed by atoms with E-state index in [0.29, 0.717) is 13.2 Å². The van der Waals surface area contributed by atoms with E-state index in [1.165, 1.54) is 6.07 Å². The first-order valence-electron chi connectivity index (χ1n) is 5.98. The zero-order valence-corrected chi connectivity index (χ0v) is 9.58. The first kappa shape index (κ1) is 10.7. The number of hydrogen-bond donors (Lipinski definition) is 0. The van der Waals surface area contributed by atoms with Crippen molar-refractivity contribution in [2.75, 3.05) is 13.2 Å². The molecule has 0 radical (unpaired) electrons. The predicted molar refractivity (Wildman–Crippen MR) is 60.8 cm³/mol. The monoisotopic (exact) mass is 231 g/mol. The Morgan fingerprint density at radius 3 is 2.47 bits per heavy atom. The van der Waals surface area contributed by atoms with Crippen molar-refractivity contribution in [2.45, 2.75) is 24.7 Å². The molecule has 1 aliphatic heterocycles. The molecule has 1 heterocycles. The van der Waals surface area contributed by atoms with Crippen molar-refractivity contribution in [1.82, 2.24) is 0 Å². The molecule has 0 bridgehead atoms. The molecule has 0 spiro atoms. The van der Waals surface area contributed by atoms with Crippen LogP contribution in [0.15, 0.2) is 24.3 Å². The molecule has 3 rings (SSSR count). The number of hydrogen-bond acceptors (Lipinski definition) is 2. The summed E-state index contributed by atoms with van der Waals surface area (Å²) < 4.78 is 18.7. The Morgan fingerprint density at radius 1 is 1.29 bits per heavy atom. The SMILES string of the molecule is N#CC1(C2(c3cccc(F)c3)COC2)CCC1. The van der Waals surface area contributed by atoms with Gasteiger partial charge >= 0.3 is 0 Å². The molecule has 1 aromatic carbocycles. The Hall–Kier alpha value is -1.40. The zero-order valence-electron chi connectivity index (χ0n) is 9.58. The molecular weight excluding hydrogens is 217 g/mol. The van der Waals surface area contributed by atoms with Crippen LogP contribution < -0.4 is 0 Å². The second-order valence-electron chi connectivity index (χ2n) is 5.13. The van der Waals surface area contributed by atoms with Crippen LogP contribution in [0.3, 0.4) is 0 Å². The van der Waals surface area contributed by atoms with Crippen LogP contribution in [0.25, 0.3) is 0 Å². The van der Waals surface area contributed by atoms with Crippen LogP contribution in [0.5, 0.6) is 0 Å². The number of nitrogens with zero attached hydrogens (tertiary/aromatic N) is 1. The maximum Gasteiger partial charge on any atom is 0.123 e. The van der Waals surface area contributed by atoms with E-state index in [-0.39, 0.29) is 16.6 Å². The number of rotatable bonds is 2. The molecule has 1 aliphatic carbocycles. The summed E-state index contributed by atoms with van der Waals surface area (Å²) in [6.45, 7) is 1.09. The zero-order chi connectivity index (χ0) is 11.9. The Kier molecular flexibility index (Phi) is 2.24. The molecule has 2 nitrogen and oxygen atoms in total. The van der Waals surface area contributed by atoms with E-state index >= 15 is 0 Å². The Morgan fingerprint density at radius 2 is 2.06 bits per heavy atom. The largest absolute Gasteiger partial charge is 0.379 e. The lowest BCUT2D eigenvalue weighted by Crippen LogP contribution is -2.61. The molecule has 0 N–H and O–H groups in total. The average Bonchev–Trinajstić information content (AvgIpc) is 2.20. The maximum atomic E-state index is 13.3. The van der Waals surface area contributed by atoms with E-state index in [4.69, 9.17) is 4.74 Å². The van der Waals surface area contributed by atoms with Crippen molar-refractivity contribution in [3.63, 3.8) is 0 Å². The van der Waals surface area contributed by atoms with Gasteiger partial charge in [0.05, 0.1) is 30.1 Å². The molecule has 2 fully saturated rings. The van der Waals surface area contributed by atoms with Crippen molar-refractivity contribution < 1.29 is 9.13 Å². The van der Waals surface area contributed by atoms with E-state index < -0.39 is 0 Å². The van der Waals surface area contributed by atoms with Crippen molar-refractivity contribution in [3.05, 3.63) is 35.6 Å². The van der Waals surface area contributed by atoms with Gasteiger partial charge in [0.15, 0.2) is 0 Å². The molecule has 0 aromatic heterocycles. The number of halogens is 1. The Balaban J connectivity index is 2.06. The molecule has 1 aromatic rings. The van der Waals surface area contributed by atoms with Gasteiger partial charge in [-0.1, -0.05) is 18.6 Å². The minimum absolute atomic E-state index is 0.235. The van der Waals surface area contributed by atoms with Gasteiger partial charge in [0.2, 0.25) is 0 Å². The topological polar surface area (TPSA) is 33.0 Å². The summed E-state index contributed by atoms with van der Waals surface area (Å²) >= 11 is 0. The van der Waals surface area contributed by atoms with Crippen LogP contribution in [0.4, 0.5) is 4.39 Å². The van der Waals surface area contributed by atoms with Gasteiger partial charge in [-0.05, 0) is 30.5 Å². The normalized spacial score (nSPS) is 24.2. The molecule has 0 amide bonds. The summed E-state index contributed by atoms with van der Waals surface area (Å²) in [6.07, 6.45) is 2.90. The summed E-state index contributed by atoms with van der Waals surface area (Å²) in [5, 5.41) is 9.47. The van der Waals surface area contributed by atoms with Crippen LogP contribution >= 0.6 is 0 Å². The van der Waals surface area contributed by atoms with E-state index in [1.54, 1.807) is 12.1 Å². The van der Waals surface area contributed by atoms with Crippen LogP contribution in [0, 0.1) is 22.6 Å². The lowest BCUT2D eigenvalue weighted by atomic mass is 9.50. The third-order valence-electron chi connectivity index (χ3n) is 4.41. The average molecular weight is 231 g/mol. The number of benzene rings is 1. The van der Waals surface area contributed by atoms with Gasteiger partial charge in [-0.2, -0.15) is 5.26 Å². The highest BCUT2D eigenvalue weighted by molar-refractivity contribution is 5.37. The summed E-state index contributed by atoms with van der Waals surface area (Å²) in [4.78, 5) is 0. The van der Waals surface area contributed by atoms with Gasteiger partial charge in [-0.25, -0.2) is 4.39 Å². The van der Waals surface area contributed by atoms with Gasteiger partial charge in [-0.3, -0.25) is 0 Å². The van der Waals surface area contributed by atoms with Crippen LogP contribution in [-0.2, 0) is 10.2 Å². The van der Waals surface area contributed by atoms with E-state index in [9.17, 15) is 9.65 Å². The van der Waals surface area contributed by atoms with Crippen molar-refractivity contribution >= 4 is 0 Å². The summed E-state index contributed by atoms with van der Waals surface area (Å²) in [5.41, 5.74) is 0.311. The van der Waals surface area contributed by atoms with Crippen LogP contribution in [-0.4, -0.2) is 13.2 Å². The second-order valence-corrected chi connectivity index (χ2v) is 5.13.